The Kier molecular flexibility index (Phi) is 4.92. The molecule has 5 nitrogen and oxygen atoms in total. The minimum absolute atomic E-state index is 0.290. The van der Waals surface area contributed by atoms with E-state index in [1.807, 2.05) is 12.4 Å². The second-order valence-electron chi connectivity index (χ2n) is 6.35. The van der Waals surface area contributed by atoms with Gasteiger partial charge in [0, 0.05) is 42.5 Å². The fraction of sp³-hybridized carbons (Fsp3) is 0.588. The van der Waals surface area contributed by atoms with E-state index in [0.717, 1.165) is 36.2 Å². The van der Waals surface area contributed by atoms with Gasteiger partial charge in [0.05, 0.1) is 16.7 Å². The first-order valence-corrected chi connectivity index (χ1v) is 9.06. The van der Waals surface area contributed by atoms with Gasteiger partial charge in [0.1, 0.15) is 0 Å². The van der Waals surface area contributed by atoms with Crippen LogP contribution in [0.1, 0.15) is 46.9 Å². The third kappa shape index (κ3) is 3.70. The molecule has 23 heavy (non-hydrogen) atoms. The zero-order valence-electron chi connectivity index (χ0n) is 14.4. The van der Waals surface area contributed by atoms with E-state index in [1.165, 1.54) is 23.4 Å². The van der Waals surface area contributed by atoms with Crippen LogP contribution in [0.2, 0.25) is 0 Å². The van der Waals surface area contributed by atoms with E-state index in [-0.39, 0.29) is 0 Å². The molecule has 1 aliphatic rings. The molecule has 0 unspecified atom stereocenters. The highest BCUT2D eigenvalue weighted by Gasteiger charge is 2.19. The highest BCUT2D eigenvalue weighted by Crippen LogP contribution is 2.27. The number of hydrogen-bond donors (Lipinski definition) is 0. The summed E-state index contributed by atoms with van der Waals surface area (Å²) in [6.07, 6.45) is 6.42. The van der Waals surface area contributed by atoms with Crippen LogP contribution in [0.3, 0.4) is 0 Å². The lowest BCUT2D eigenvalue weighted by atomic mass is 10.2. The quantitative estimate of drug-likeness (QED) is 0.841. The van der Waals surface area contributed by atoms with Crippen molar-refractivity contribution in [3.8, 4) is 0 Å². The van der Waals surface area contributed by atoms with E-state index < -0.39 is 0 Å². The van der Waals surface area contributed by atoms with Crippen LogP contribution in [0.15, 0.2) is 12.4 Å². The minimum Gasteiger partial charge on any atom is -0.341 e. The fourth-order valence-corrected chi connectivity index (χ4v) is 3.98. The number of hydrogen-bond acceptors (Lipinski definition) is 6. The van der Waals surface area contributed by atoms with Gasteiger partial charge in [-0.15, -0.1) is 11.3 Å². The van der Waals surface area contributed by atoms with Crippen LogP contribution in [0.25, 0.3) is 0 Å². The Morgan fingerprint density at radius 1 is 1.22 bits per heavy atom. The molecule has 0 aliphatic carbocycles. The molecule has 6 heteroatoms. The summed E-state index contributed by atoms with van der Waals surface area (Å²) in [5, 5.41) is 1.14. The lowest BCUT2D eigenvalue weighted by Crippen LogP contribution is -2.24. The topological polar surface area (TPSA) is 45.2 Å². The summed E-state index contributed by atoms with van der Waals surface area (Å²) >= 11 is 1.77. The van der Waals surface area contributed by atoms with E-state index in [4.69, 9.17) is 0 Å². The van der Waals surface area contributed by atoms with Crippen LogP contribution >= 0.6 is 11.3 Å². The molecule has 1 atom stereocenters. The summed E-state index contributed by atoms with van der Waals surface area (Å²) in [6.45, 7) is 9.42. The first-order chi connectivity index (χ1) is 11.0. The van der Waals surface area contributed by atoms with Crippen molar-refractivity contribution in [3.63, 3.8) is 0 Å². The van der Waals surface area contributed by atoms with Gasteiger partial charge in [-0.25, -0.2) is 15.0 Å². The van der Waals surface area contributed by atoms with Crippen LogP contribution in [0.4, 0.5) is 5.95 Å². The first kappa shape index (κ1) is 16.3. The van der Waals surface area contributed by atoms with Crippen molar-refractivity contribution >= 4 is 17.3 Å². The molecule has 3 heterocycles. The summed E-state index contributed by atoms with van der Waals surface area (Å²) in [4.78, 5) is 19.6. The van der Waals surface area contributed by atoms with Gasteiger partial charge in [0.25, 0.3) is 0 Å². The molecule has 2 aromatic heterocycles. The minimum atomic E-state index is 0.290. The standard InChI is InChI=1S/C17H25N5S/c1-12(16-13(2)23-14(3)20-16)21(4)11-15-9-18-17(19-10-15)22-7-5-6-8-22/h9-10,12H,5-8,11H2,1-4H3/t12-/m1/s1. The van der Waals surface area contributed by atoms with Crippen molar-refractivity contribution < 1.29 is 0 Å². The van der Waals surface area contributed by atoms with Gasteiger partial charge in [0.2, 0.25) is 5.95 Å². The van der Waals surface area contributed by atoms with Gasteiger partial charge in [-0.05, 0) is 40.7 Å². The molecule has 124 valence electrons. The summed E-state index contributed by atoms with van der Waals surface area (Å²) < 4.78 is 0. The van der Waals surface area contributed by atoms with E-state index in [0.29, 0.717) is 6.04 Å². The molecule has 0 aromatic carbocycles. The van der Waals surface area contributed by atoms with Crippen LogP contribution < -0.4 is 4.90 Å². The molecule has 1 fully saturated rings. The maximum Gasteiger partial charge on any atom is 0.225 e. The molecule has 3 rings (SSSR count). The molecule has 0 radical (unpaired) electrons. The Balaban J connectivity index is 1.65. The Morgan fingerprint density at radius 3 is 2.43 bits per heavy atom. The molecule has 0 bridgehead atoms. The maximum absolute atomic E-state index is 4.68. The van der Waals surface area contributed by atoms with E-state index in [9.17, 15) is 0 Å². The van der Waals surface area contributed by atoms with Crippen molar-refractivity contribution in [1.29, 1.82) is 0 Å². The number of anilines is 1. The summed E-state index contributed by atoms with van der Waals surface area (Å²) in [6, 6.07) is 0.290. The van der Waals surface area contributed by atoms with Crippen LogP contribution in [0, 0.1) is 13.8 Å². The lowest BCUT2D eigenvalue weighted by Gasteiger charge is -2.24. The third-order valence-corrected chi connectivity index (χ3v) is 5.41. The molecule has 0 spiro atoms. The predicted octanol–water partition coefficient (Wildman–Crippen LogP) is 3.34. The van der Waals surface area contributed by atoms with Gasteiger partial charge in [0.15, 0.2) is 0 Å². The Labute approximate surface area is 142 Å². The number of aromatic nitrogens is 3. The number of thiazole rings is 1. The number of rotatable bonds is 5. The molecule has 0 N–H and O–H groups in total. The second kappa shape index (κ2) is 6.93. The first-order valence-electron chi connectivity index (χ1n) is 8.24. The Morgan fingerprint density at radius 2 is 1.87 bits per heavy atom. The van der Waals surface area contributed by atoms with Crippen molar-refractivity contribution in [2.24, 2.45) is 0 Å². The summed E-state index contributed by atoms with van der Waals surface area (Å²) in [5.41, 5.74) is 2.33. The van der Waals surface area contributed by atoms with Gasteiger partial charge < -0.3 is 4.90 Å². The van der Waals surface area contributed by atoms with E-state index in [2.05, 4.69) is 52.6 Å². The zero-order valence-corrected chi connectivity index (χ0v) is 15.2. The van der Waals surface area contributed by atoms with Gasteiger partial charge >= 0.3 is 0 Å². The molecule has 2 aromatic rings. The fourth-order valence-electron chi connectivity index (χ4n) is 3.08. The van der Waals surface area contributed by atoms with Crippen molar-refractivity contribution in [2.75, 3.05) is 25.0 Å². The van der Waals surface area contributed by atoms with Crippen LogP contribution in [-0.2, 0) is 6.54 Å². The van der Waals surface area contributed by atoms with Gasteiger partial charge in [-0.2, -0.15) is 0 Å². The lowest BCUT2D eigenvalue weighted by molar-refractivity contribution is 0.248. The summed E-state index contributed by atoms with van der Waals surface area (Å²) in [5.74, 6) is 0.868. The van der Waals surface area contributed by atoms with Gasteiger partial charge in [-0.3, -0.25) is 4.90 Å². The monoisotopic (exact) mass is 331 g/mol. The molecule has 0 amide bonds. The van der Waals surface area contributed by atoms with Crippen LogP contribution in [0.5, 0.6) is 0 Å². The molecule has 1 saturated heterocycles. The number of nitrogens with zero attached hydrogens (tertiary/aromatic N) is 5. The molecule has 1 aliphatic heterocycles. The number of aryl methyl sites for hydroxylation is 2. The zero-order chi connectivity index (χ0) is 16.4. The summed E-state index contributed by atoms with van der Waals surface area (Å²) in [7, 11) is 2.13. The Bertz CT molecular complexity index is 646. The predicted molar refractivity (Wildman–Crippen MR) is 94.9 cm³/mol. The highest BCUT2D eigenvalue weighted by molar-refractivity contribution is 7.11. The normalized spacial score (nSPS) is 16.3. The average Bonchev–Trinajstić information content (AvgIpc) is 3.17. The van der Waals surface area contributed by atoms with Crippen molar-refractivity contribution in [3.05, 3.63) is 33.5 Å². The smallest absolute Gasteiger partial charge is 0.225 e. The van der Waals surface area contributed by atoms with Crippen LogP contribution in [-0.4, -0.2) is 40.0 Å². The van der Waals surface area contributed by atoms with Gasteiger partial charge in [-0.1, -0.05) is 0 Å². The van der Waals surface area contributed by atoms with Crippen molar-refractivity contribution in [1.82, 2.24) is 19.9 Å². The average molecular weight is 331 g/mol. The van der Waals surface area contributed by atoms with E-state index in [1.54, 1.807) is 11.3 Å². The molecule has 0 saturated carbocycles. The molecular weight excluding hydrogens is 306 g/mol. The third-order valence-electron chi connectivity index (χ3n) is 4.51. The second-order valence-corrected chi connectivity index (χ2v) is 7.76. The largest absolute Gasteiger partial charge is 0.341 e. The Hall–Kier alpha value is -1.53. The highest BCUT2D eigenvalue weighted by atomic mass is 32.1. The van der Waals surface area contributed by atoms with Crippen molar-refractivity contribution in [2.45, 2.75) is 46.2 Å². The SMILES string of the molecule is Cc1nc([C@@H](C)N(C)Cc2cnc(N3CCCC3)nc2)c(C)s1. The molecular formula is C17H25N5S. The maximum atomic E-state index is 4.68. The van der Waals surface area contributed by atoms with E-state index >= 15 is 0 Å².